The number of likely N-dealkylation sites (N-methyl/N-ethyl adjacent to an activating group) is 1. The van der Waals surface area contributed by atoms with E-state index in [4.69, 9.17) is 0 Å². The Morgan fingerprint density at radius 1 is 1.12 bits per heavy atom. The van der Waals surface area contributed by atoms with Crippen LogP contribution in [0.1, 0.15) is 30.9 Å². The van der Waals surface area contributed by atoms with E-state index in [2.05, 4.69) is 0 Å². The van der Waals surface area contributed by atoms with Gasteiger partial charge in [0.2, 0.25) is 5.78 Å². The highest BCUT2D eigenvalue weighted by molar-refractivity contribution is 6.25. The summed E-state index contributed by atoms with van der Waals surface area (Å²) in [6, 6.07) is 0.223. The lowest BCUT2D eigenvalue weighted by Crippen LogP contribution is -2.70. The fraction of sp³-hybridized carbons (Fsp3) is 0.435. The molecule has 0 bridgehead atoms. The Kier molecular flexibility index (Phi) is 5.12. The third kappa shape index (κ3) is 2.74. The van der Waals surface area contributed by atoms with Crippen LogP contribution in [0.3, 0.4) is 0 Å². The van der Waals surface area contributed by atoms with E-state index in [0.29, 0.717) is 0 Å². The molecule has 33 heavy (non-hydrogen) atoms. The molecule has 1 aromatic carbocycles. The number of aliphatic hydroxyl groups is 4. The van der Waals surface area contributed by atoms with Gasteiger partial charge in [0.05, 0.1) is 23.6 Å². The van der Waals surface area contributed by atoms with E-state index in [1.54, 1.807) is 0 Å². The standard InChI is InChI=1S/C23H23F2NO7/c1-7-11-9(24)5-6-10(25)14(11)18(28)15-12(7)19(29)16-17(26(3)4)20(30)13(8(2)27)21(31)23(16,33)22(15)32/h5-7,12,16-17,19,28-29,31,33H,1-4H3/t7-,12+,16+,17-,19-,23+/m0/s1. The Balaban J connectivity index is 2.08. The van der Waals surface area contributed by atoms with Crippen LogP contribution in [0.4, 0.5) is 8.78 Å². The van der Waals surface area contributed by atoms with Crippen LogP contribution >= 0.6 is 0 Å². The first-order chi connectivity index (χ1) is 15.3. The highest BCUT2D eigenvalue weighted by atomic mass is 19.1. The van der Waals surface area contributed by atoms with Crippen LogP contribution < -0.4 is 0 Å². The molecule has 0 unspecified atom stereocenters. The van der Waals surface area contributed by atoms with Crippen molar-refractivity contribution in [2.24, 2.45) is 11.8 Å². The smallest absolute Gasteiger partial charge is 0.202 e. The first-order valence-corrected chi connectivity index (χ1v) is 10.3. The highest BCUT2D eigenvalue weighted by Crippen LogP contribution is 2.55. The Hall–Kier alpha value is -2.95. The zero-order valence-electron chi connectivity index (χ0n) is 18.3. The van der Waals surface area contributed by atoms with E-state index >= 15 is 0 Å². The second-order valence-electron chi connectivity index (χ2n) is 9.06. The molecule has 1 fully saturated rings. The van der Waals surface area contributed by atoms with E-state index in [1.165, 1.54) is 25.9 Å². The number of fused-ring (bicyclic) bond motifs is 3. The first-order valence-electron chi connectivity index (χ1n) is 10.3. The fourth-order valence-electron chi connectivity index (χ4n) is 5.72. The number of ketones is 3. The summed E-state index contributed by atoms with van der Waals surface area (Å²) in [5.41, 5.74) is -5.20. The average Bonchev–Trinajstić information content (AvgIpc) is 2.72. The van der Waals surface area contributed by atoms with Gasteiger partial charge in [0.15, 0.2) is 17.2 Å². The second-order valence-corrected chi connectivity index (χ2v) is 9.06. The monoisotopic (exact) mass is 463 g/mol. The summed E-state index contributed by atoms with van der Waals surface area (Å²) >= 11 is 0. The number of Topliss-reactive ketones (excluding diaryl/α,β-unsaturated/α-hetero) is 3. The Morgan fingerprint density at radius 2 is 1.70 bits per heavy atom. The molecular weight excluding hydrogens is 440 g/mol. The van der Waals surface area contributed by atoms with Crippen molar-refractivity contribution >= 4 is 23.1 Å². The Labute approximate surface area is 187 Å². The minimum absolute atomic E-state index is 0.258. The maximum atomic E-state index is 14.7. The third-order valence-corrected chi connectivity index (χ3v) is 7.13. The quantitative estimate of drug-likeness (QED) is 0.480. The summed E-state index contributed by atoms with van der Waals surface area (Å²) < 4.78 is 29.3. The molecule has 1 aromatic rings. The van der Waals surface area contributed by atoms with Crippen molar-refractivity contribution in [3.05, 3.63) is 51.8 Å². The van der Waals surface area contributed by atoms with Crippen LogP contribution in [0.15, 0.2) is 29.0 Å². The van der Waals surface area contributed by atoms with Crippen LogP contribution in [0.25, 0.3) is 5.76 Å². The molecule has 0 heterocycles. The van der Waals surface area contributed by atoms with Crippen molar-refractivity contribution in [2.45, 2.75) is 37.5 Å². The van der Waals surface area contributed by atoms with Crippen molar-refractivity contribution < 1.29 is 43.6 Å². The van der Waals surface area contributed by atoms with Gasteiger partial charge in [-0.25, -0.2) is 8.78 Å². The lowest BCUT2D eigenvalue weighted by Gasteiger charge is -2.53. The van der Waals surface area contributed by atoms with Gasteiger partial charge >= 0.3 is 0 Å². The predicted octanol–water partition coefficient (Wildman–Crippen LogP) is 1.17. The minimum atomic E-state index is -2.95. The van der Waals surface area contributed by atoms with Crippen molar-refractivity contribution in [1.82, 2.24) is 4.90 Å². The summed E-state index contributed by atoms with van der Waals surface area (Å²) in [6.07, 6.45) is -1.76. The van der Waals surface area contributed by atoms with Crippen molar-refractivity contribution in [2.75, 3.05) is 14.1 Å². The Bertz CT molecular complexity index is 1190. The highest BCUT2D eigenvalue weighted by Gasteiger charge is 2.68. The lowest BCUT2D eigenvalue weighted by molar-refractivity contribution is -0.169. The van der Waals surface area contributed by atoms with Crippen LogP contribution in [-0.2, 0) is 14.4 Å². The molecule has 3 aliphatic rings. The molecule has 3 aliphatic carbocycles. The number of rotatable bonds is 2. The summed E-state index contributed by atoms with van der Waals surface area (Å²) in [5.74, 6) is -11.2. The third-order valence-electron chi connectivity index (χ3n) is 7.13. The minimum Gasteiger partial charge on any atom is -0.508 e. The van der Waals surface area contributed by atoms with Crippen LogP contribution in [-0.4, -0.2) is 74.5 Å². The fourth-order valence-corrected chi connectivity index (χ4v) is 5.72. The molecule has 0 amide bonds. The van der Waals surface area contributed by atoms with Gasteiger partial charge in [0.25, 0.3) is 0 Å². The number of carbonyl (C=O) groups is 3. The van der Waals surface area contributed by atoms with Gasteiger partial charge in [-0.15, -0.1) is 0 Å². The van der Waals surface area contributed by atoms with Crippen molar-refractivity contribution in [3.8, 4) is 0 Å². The summed E-state index contributed by atoms with van der Waals surface area (Å²) in [6.45, 7) is 2.39. The van der Waals surface area contributed by atoms with Gasteiger partial charge in [-0.2, -0.15) is 0 Å². The average molecular weight is 463 g/mol. The topological polar surface area (TPSA) is 135 Å². The normalized spacial score (nSPS) is 33.8. The Morgan fingerprint density at radius 3 is 2.24 bits per heavy atom. The molecule has 4 N–H and O–H groups in total. The number of nitrogens with zero attached hydrogens (tertiary/aromatic N) is 1. The molecular formula is C23H23F2NO7. The number of aliphatic hydroxyl groups excluding tert-OH is 3. The number of benzene rings is 1. The number of hydrogen-bond acceptors (Lipinski definition) is 8. The van der Waals surface area contributed by atoms with Crippen molar-refractivity contribution in [3.63, 3.8) is 0 Å². The molecule has 0 radical (unpaired) electrons. The predicted molar refractivity (Wildman–Crippen MR) is 110 cm³/mol. The molecule has 1 saturated carbocycles. The summed E-state index contributed by atoms with van der Waals surface area (Å²) in [4.78, 5) is 40.2. The van der Waals surface area contributed by atoms with Crippen LogP contribution in [0, 0.1) is 23.5 Å². The molecule has 8 nitrogen and oxygen atoms in total. The molecule has 4 rings (SSSR count). The van der Waals surface area contributed by atoms with Crippen LogP contribution in [0.5, 0.6) is 0 Å². The second kappa shape index (κ2) is 7.28. The van der Waals surface area contributed by atoms with E-state index in [0.717, 1.165) is 19.1 Å². The van der Waals surface area contributed by atoms with E-state index in [1.807, 2.05) is 0 Å². The van der Waals surface area contributed by atoms with Crippen LogP contribution in [0.2, 0.25) is 0 Å². The van der Waals surface area contributed by atoms with Gasteiger partial charge in [0, 0.05) is 17.1 Å². The molecule has 0 spiro atoms. The van der Waals surface area contributed by atoms with Gasteiger partial charge < -0.3 is 20.4 Å². The molecule has 176 valence electrons. The zero-order chi connectivity index (χ0) is 24.7. The summed E-state index contributed by atoms with van der Waals surface area (Å²) in [5, 5.41) is 44.5. The molecule has 0 aliphatic heterocycles. The zero-order valence-corrected chi connectivity index (χ0v) is 18.3. The number of hydrogen-bond donors (Lipinski definition) is 4. The van der Waals surface area contributed by atoms with Gasteiger partial charge in [-0.05, 0) is 39.1 Å². The molecule has 6 atom stereocenters. The molecule has 0 aromatic heterocycles. The molecule has 0 saturated heterocycles. The molecule has 10 heteroatoms. The lowest BCUT2D eigenvalue weighted by atomic mass is 9.54. The maximum absolute atomic E-state index is 14.7. The van der Waals surface area contributed by atoms with E-state index in [-0.39, 0.29) is 5.56 Å². The number of halogens is 2. The van der Waals surface area contributed by atoms with E-state index in [9.17, 15) is 43.6 Å². The van der Waals surface area contributed by atoms with Gasteiger partial charge in [-0.1, -0.05) is 6.92 Å². The van der Waals surface area contributed by atoms with Crippen molar-refractivity contribution in [1.29, 1.82) is 0 Å². The first kappa shape index (κ1) is 23.2. The van der Waals surface area contributed by atoms with E-state index < -0.39 is 92.7 Å². The van der Waals surface area contributed by atoms with Gasteiger partial charge in [0.1, 0.15) is 28.7 Å². The van der Waals surface area contributed by atoms with Gasteiger partial charge in [-0.3, -0.25) is 19.3 Å². The SMILES string of the molecule is CC(=O)C1=C(O)[C@@]2(O)C(=O)C3=C(O)c4c(F)ccc(F)c4[C@H](C)[C@H]3[C@H](O)[C@H]2[C@H](N(C)C)C1=O. The summed E-state index contributed by atoms with van der Waals surface area (Å²) in [7, 11) is 2.86. The maximum Gasteiger partial charge on any atom is 0.202 e. The largest absolute Gasteiger partial charge is 0.508 e. The number of carbonyl (C=O) groups excluding carboxylic acids is 3.